The summed E-state index contributed by atoms with van der Waals surface area (Å²) >= 11 is 0. The van der Waals surface area contributed by atoms with Gasteiger partial charge < -0.3 is 5.11 Å². The molecule has 0 spiro atoms. The van der Waals surface area contributed by atoms with Crippen LogP contribution in [0.5, 0.6) is 0 Å². The molecular weight excluding hydrogens is 305 g/mol. The number of aromatic nitrogens is 1. The summed E-state index contributed by atoms with van der Waals surface area (Å²) in [6.45, 7) is 1.52. The third kappa shape index (κ3) is 3.38. The van der Waals surface area contributed by atoms with E-state index < -0.39 is 23.2 Å². The van der Waals surface area contributed by atoms with Gasteiger partial charge in [-0.25, -0.2) is 13.8 Å². The number of benzene rings is 1. The third-order valence-corrected chi connectivity index (χ3v) is 4.33. The van der Waals surface area contributed by atoms with Crippen molar-refractivity contribution in [2.75, 3.05) is 13.1 Å². The van der Waals surface area contributed by atoms with Gasteiger partial charge in [-0.3, -0.25) is 4.90 Å². The molecule has 0 atom stereocenters. The molecule has 0 aliphatic carbocycles. The Morgan fingerprint density at radius 1 is 1.09 bits per heavy atom. The van der Waals surface area contributed by atoms with Crippen molar-refractivity contribution in [1.29, 1.82) is 0 Å². The molecule has 1 aliphatic rings. The lowest BCUT2D eigenvalue weighted by atomic mass is 9.85. The minimum absolute atomic E-state index is 0.215. The Morgan fingerprint density at radius 3 is 2.48 bits per heavy atom. The van der Waals surface area contributed by atoms with Crippen molar-refractivity contribution >= 4 is 0 Å². The first-order valence-corrected chi connectivity index (χ1v) is 7.48. The zero-order valence-electron chi connectivity index (χ0n) is 12.5. The van der Waals surface area contributed by atoms with Gasteiger partial charge in [0, 0.05) is 31.4 Å². The van der Waals surface area contributed by atoms with E-state index in [0.717, 1.165) is 6.07 Å². The molecule has 2 aromatic rings. The van der Waals surface area contributed by atoms with Crippen LogP contribution in [-0.2, 0) is 12.1 Å². The molecule has 0 amide bonds. The number of rotatable bonds is 3. The molecule has 1 aromatic carbocycles. The zero-order valence-corrected chi connectivity index (χ0v) is 12.5. The summed E-state index contributed by atoms with van der Waals surface area (Å²) in [6.07, 6.45) is 2.07. The molecule has 23 heavy (non-hydrogen) atoms. The third-order valence-electron chi connectivity index (χ3n) is 4.33. The van der Waals surface area contributed by atoms with E-state index in [1.54, 1.807) is 18.2 Å². The summed E-state index contributed by atoms with van der Waals surface area (Å²) in [5.74, 6) is -2.38. The molecule has 0 unspecified atom stereocenters. The predicted molar refractivity (Wildman–Crippen MR) is 79.0 cm³/mol. The average molecular weight is 322 g/mol. The lowest BCUT2D eigenvalue weighted by molar-refractivity contribution is -0.0308. The predicted octanol–water partition coefficient (Wildman–Crippen LogP) is 2.98. The molecule has 2 heterocycles. The molecular formula is C17H17F3N2O. The summed E-state index contributed by atoms with van der Waals surface area (Å²) < 4.78 is 40.0. The van der Waals surface area contributed by atoms with Crippen molar-refractivity contribution in [2.45, 2.75) is 25.0 Å². The maximum atomic E-state index is 13.8. The van der Waals surface area contributed by atoms with Gasteiger partial charge in [-0.2, -0.15) is 4.39 Å². The van der Waals surface area contributed by atoms with Gasteiger partial charge in [-0.05, 0) is 36.6 Å². The minimum Gasteiger partial charge on any atom is -0.385 e. The number of hydrogen-bond donors (Lipinski definition) is 1. The Bertz CT molecular complexity index is 700. The monoisotopic (exact) mass is 322 g/mol. The van der Waals surface area contributed by atoms with E-state index in [1.807, 2.05) is 4.90 Å². The SMILES string of the molecule is OC1(c2cccnc2F)CCN(Cc2ccc(F)c(F)c2)CC1. The number of hydrogen-bond acceptors (Lipinski definition) is 3. The second-order valence-corrected chi connectivity index (χ2v) is 5.90. The van der Waals surface area contributed by atoms with Crippen molar-refractivity contribution < 1.29 is 18.3 Å². The maximum absolute atomic E-state index is 13.8. The Morgan fingerprint density at radius 2 is 1.83 bits per heavy atom. The standard InChI is InChI=1S/C17H17F3N2O/c18-14-4-3-12(10-15(14)19)11-22-8-5-17(23,6-9-22)13-2-1-7-21-16(13)20/h1-4,7,10,23H,5-6,8-9,11H2. The van der Waals surface area contributed by atoms with Gasteiger partial charge in [0.05, 0.1) is 5.60 Å². The van der Waals surface area contributed by atoms with E-state index in [0.29, 0.717) is 38.0 Å². The smallest absolute Gasteiger partial charge is 0.218 e. The van der Waals surface area contributed by atoms with Crippen molar-refractivity contribution in [3.63, 3.8) is 0 Å². The van der Waals surface area contributed by atoms with Crippen molar-refractivity contribution in [3.8, 4) is 0 Å². The number of nitrogens with zero attached hydrogens (tertiary/aromatic N) is 2. The van der Waals surface area contributed by atoms with Crippen LogP contribution < -0.4 is 0 Å². The average Bonchev–Trinajstić information content (AvgIpc) is 2.54. The van der Waals surface area contributed by atoms with Gasteiger partial charge in [0.2, 0.25) is 5.95 Å². The van der Waals surface area contributed by atoms with Crippen LogP contribution in [0.1, 0.15) is 24.0 Å². The minimum atomic E-state index is -1.23. The number of halogens is 3. The first-order chi connectivity index (χ1) is 11.0. The number of likely N-dealkylation sites (tertiary alicyclic amines) is 1. The molecule has 1 N–H and O–H groups in total. The van der Waals surface area contributed by atoms with Crippen LogP contribution in [0.4, 0.5) is 13.2 Å². The molecule has 1 aliphatic heterocycles. The molecule has 122 valence electrons. The highest BCUT2D eigenvalue weighted by Crippen LogP contribution is 2.34. The van der Waals surface area contributed by atoms with E-state index in [-0.39, 0.29) is 5.56 Å². The molecule has 6 heteroatoms. The molecule has 3 nitrogen and oxygen atoms in total. The molecule has 1 saturated heterocycles. The van der Waals surface area contributed by atoms with Crippen LogP contribution in [0.3, 0.4) is 0 Å². The van der Waals surface area contributed by atoms with Crippen LogP contribution in [0, 0.1) is 17.6 Å². The first-order valence-electron chi connectivity index (χ1n) is 7.48. The number of piperidine rings is 1. The zero-order chi connectivity index (χ0) is 16.4. The molecule has 3 rings (SSSR count). The van der Waals surface area contributed by atoms with E-state index in [2.05, 4.69) is 4.98 Å². The van der Waals surface area contributed by atoms with Crippen molar-refractivity contribution in [2.24, 2.45) is 0 Å². The quantitative estimate of drug-likeness (QED) is 0.883. The maximum Gasteiger partial charge on any atom is 0.218 e. The Kier molecular flexibility index (Phi) is 4.37. The molecule has 0 bridgehead atoms. The van der Waals surface area contributed by atoms with Gasteiger partial charge >= 0.3 is 0 Å². The van der Waals surface area contributed by atoms with Crippen LogP contribution in [-0.4, -0.2) is 28.1 Å². The van der Waals surface area contributed by atoms with Crippen LogP contribution in [0.2, 0.25) is 0 Å². The van der Waals surface area contributed by atoms with Crippen molar-refractivity contribution in [1.82, 2.24) is 9.88 Å². The summed E-state index contributed by atoms with van der Waals surface area (Å²) in [4.78, 5) is 5.61. The van der Waals surface area contributed by atoms with Crippen LogP contribution in [0.15, 0.2) is 36.5 Å². The van der Waals surface area contributed by atoms with E-state index >= 15 is 0 Å². The Hall–Kier alpha value is -1.92. The molecule has 0 radical (unpaired) electrons. The lowest BCUT2D eigenvalue weighted by Gasteiger charge is -2.38. The number of pyridine rings is 1. The van der Waals surface area contributed by atoms with E-state index in [9.17, 15) is 18.3 Å². The molecule has 1 aromatic heterocycles. The molecule has 0 saturated carbocycles. The van der Waals surface area contributed by atoms with Gasteiger partial charge in [-0.1, -0.05) is 12.1 Å². The summed E-state index contributed by atoms with van der Waals surface area (Å²) in [7, 11) is 0. The van der Waals surface area contributed by atoms with E-state index in [1.165, 1.54) is 12.3 Å². The van der Waals surface area contributed by atoms with E-state index in [4.69, 9.17) is 0 Å². The Labute approximate surface area is 132 Å². The summed E-state index contributed by atoms with van der Waals surface area (Å²) in [5.41, 5.74) is -0.350. The van der Waals surface area contributed by atoms with Gasteiger partial charge in [-0.15, -0.1) is 0 Å². The highest BCUT2D eigenvalue weighted by Gasteiger charge is 2.36. The summed E-state index contributed by atoms with van der Waals surface area (Å²) in [5, 5.41) is 10.7. The fourth-order valence-electron chi connectivity index (χ4n) is 2.98. The fourth-order valence-corrected chi connectivity index (χ4v) is 2.98. The highest BCUT2D eigenvalue weighted by molar-refractivity contribution is 5.21. The van der Waals surface area contributed by atoms with Crippen LogP contribution >= 0.6 is 0 Å². The highest BCUT2D eigenvalue weighted by atomic mass is 19.2. The second kappa shape index (κ2) is 6.29. The molecule has 1 fully saturated rings. The van der Waals surface area contributed by atoms with Gasteiger partial charge in [0.25, 0.3) is 0 Å². The summed E-state index contributed by atoms with van der Waals surface area (Å²) in [6, 6.07) is 6.98. The van der Waals surface area contributed by atoms with Gasteiger partial charge in [0.15, 0.2) is 11.6 Å². The number of aliphatic hydroxyl groups is 1. The first kappa shape index (κ1) is 16.0. The lowest BCUT2D eigenvalue weighted by Crippen LogP contribution is -2.42. The normalized spacial score (nSPS) is 18.1. The second-order valence-electron chi connectivity index (χ2n) is 5.90. The topological polar surface area (TPSA) is 36.4 Å². The largest absolute Gasteiger partial charge is 0.385 e. The Balaban J connectivity index is 1.66. The van der Waals surface area contributed by atoms with Gasteiger partial charge in [0.1, 0.15) is 0 Å². The van der Waals surface area contributed by atoms with Crippen LogP contribution in [0.25, 0.3) is 0 Å². The van der Waals surface area contributed by atoms with Crippen molar-refractivity contribution in [3.05, 3.63) is 65.2 Å². The fraction of sp³-hybridized carbons (Fsp3) is 0.353.